The van der Waals surface area contributed by atoms with E-state index in [0.717, 1.165) is 24.6 Å². The number of aromatic nitrogens is 2. The molecule has 0 spiro atoms. The molecule has 0 radical (unpaired) electrons. The summed E-state index contributed by atoms with van der Waals surface area (Å²) >= 11 is 0. The molecule has 3 N–H and O–H groups in total. The van der Waals surface area contributed by atoms with Gasteiger partial charge >= 0.3 is 6.18 Å². The number of alkyl halides is 3. The van der Waals surface area contributed by atoms with E-state index >= 15 is 0 Å². The fourth-order valence-electron chi connectivity index (χ4n) is 4.19. The normalized spacial score (nSPS) is 14.6. The molecule has 0 saturated carbocycles. The second kappa shape index (κ2) is 11.1. The van der Waals surface area contributed by atoms with Gasteiger partial charge in [-0.3, -0.25) is 4.79 Å². The molecule has 1 aliphatic rings. The topological polar surface area (TPSA) is 102 Å². The number of rotatable bonds is 8. The van der Waals surface area contributed by atoms with Gasteiger partial charge in [-0.2, -0.15) is 23.5 Å². The Morgan fingerprint density at radius 1 is 1.31 bits per heavy atom. The molecular formula is C25H29F3N6O. The first kappa shape index (κ1) is 25.9. The molecule has 3 rings (SSSR count). The van der Waals surface area contributed by atoms with Crippen LogP contribution >= 0.6 is 0 Å². The molecule has 10 heteroatoms. The highest BCUT2D eigenvalue weighted by atomic mass is 19.4. The number of nitriles is 1. The molecule has 0 unspecified atom stereocenters. The zero-order valence-corrected chi connectivity index (χ0v) is 19.8. The van der Waals surface area contributed by atoms with Gasteiger partial charge in [0.1, 0.15) is 11.6 Å². The van der Waals surface area contributed by atoms with Crippen molar-refractivity contribution in [1.29, 1.82) is 5.26 Å². The fraction of sp³-hybridized carbons (Fsp3) is 0.400. The van der Waals surface area contributed by atoms with Crippen LogP contribution in [0.25, 0.3) is 0 Å². The monoisotopic (exact) mass is 486 g/mol. The number of aromatic amines is 1. The van der Waals surface area contributed by atoms with Crippen LogP contribution in [0.4, 0.5) is 18.9 Å². The third-order valence-electron chi connectivity index (χ3n) is 6.24. The number of hydrogen-bond acceptors (Lipinski definition) is 6. The van der Waals surface area contributed by atoms with Crippen LogP contribution in [0, 0.1) is 17.2 Å². The van der Waals surface area contributed by atoms with E-state index in [1.807, 2.05) is 18.3 Å². The third kappa shape index (κ3) is 6.04. The summed E-state index contributed by atoms with van der Waals surface area (Å²) in [7, 11) is 0. The van der Waals surface area contributed by atoms with Crippen LogP contribution in [0.2, 0.25) is 0 Å². The first-order valence-corrected chi connectivity index (χ1v) is 11.5. The van der Waals surface area contributed by atoms with Gasteiger partial charge in [-0.15, -0.1) is 0 Å². The van der Waals surface area contributed by atoms with Crippen LogP contribution in [0.15, 0.2) is 58.9 Å². The summed E-state index contributed by atoms with van der Waals surface area (Å²) in [6.07, 6.45) is 3.03. The van der Waals surface area contributed by atoms with E-state index in [0.29, 0.717) is 24.4 Å². The Bertz CT molecular complexity index is 1190. The van der Waals surface area contributed by atoms with Crippen LogP contribution in [-0.2, 0) is 12.7 Å². The molecule has 1 aromatic heterocycles. The van der Waals surface area contributed by atoms with Gasteiger partial charge in [0.25, 0.3) is 5.56 Å². The first-order chi connectivity index (χ1) is 16.7. The third-order valence-corrected chi connectivity index (χ3v) is 6.24. The van der Waals surface area contributed by atoms with E-state index < -0.39 is 17.3 Å². The highest BCUT2D eigenvalue weighted by molar-refractivity contribution is 5.58. The van der Waals surface area contributed by atoms with Crippen molar-refractivity contribution in [3.05, 3.63) is 81.2 Å². The van der Waals surface area contributed by atoms with Crippen molar-refractivity contribution >= 4 is 5.69 Å². The van der Waals surface area contributed by atoms with Gasteiger partial charge in [-0.25, -0.2) is 5.10 Å². The second-order valence-electron chi connectivity index (χ2n) is 8.42. The lowest BCUT2D eigenvalue weighted by atomic mass is 10.0. The summed E-state index contributed by atoms with van der Waals surface area (Å²) in [6, 6.07) is 7.44. The summed E-state index contributed by atoms with van der Waals surface area (Å²) in [5.41, 5.74) is 6.83. The van der Waals surface area contributed by atoms with E-state index in [2.05, 4.69) is 24.0 Å². The number of halogens is 3. The van der Waals surface area contributed by atoms with Crippen LogP contribution in [-0.4, -0.2) is 28.2 Å². The predicted octanol–water partition coefficient (Wildman–Crippen LogP) is 4.49. The van der Waals surface area contributed by atoms with Gasteiger partial charge in [0.05, 0.1) is 24.0 Å². The Labute approximate surface area is 202 Å². The van der Waals surface area contributed by atoms with Gasteiger partial charge in [-0.1, -0.05) is 38.1 Å². The molecule has 0 aliphatic carbocycles. The van der Waals surface area contributed by atoms with Crippen molar-refractivity contribution in [3.63, 3.8) is 0 Å². The Morgan fingerprint density at radius 2 is 2.03 bits per heavy atom. The molecule has 2 heterocycles. The number of nitrogens with two attached hydrogens (primary N) is 1. The maximum absolute atomic E-state index is 13.6. The van der Waals surface area contributed by atoms with Crippen LogP contribution in [0.3, 0.4) is 0 Å². The number of allylic oxidation sites excluding steroid dienone is 1. The molecule has 1 aliphatic heterocycles. The van der Waals surface area contributed by atoms with Crippen LogP contribution in [0.5, 0.6) is 0 Å². The first-order valence-electron chi connectivity index (χ1n) is 11.5. The van der Waals surface area contributed by atoms with Crippen LogP contribution in [0.1, 0.15) is 49.8 Å². The largest absolute Gasteiger partial charge is 0.416 e. The lowest BCUT2D eigenvalue weighted by molar-refractivity contribution is -0.138. The number of anilines is 1. The Balaban J connectivity index is 1.97. The lowest BCUT2D eigenvalue weighted by Gasteiger charge is -2.35. The van der Waals surface area contributed by atoms with Crippen molar-refractivity contribution in [2.75, 3.05) is 18.0 Å². The molecule has 1 aromatic carbocycles. The Morgan fingerprint density at radius 3 is 2.66 bits per heavy atom. The van der Waals surface area contributed by atoms with Crippen molar-refractivity contribution < 1.29 is 13.2 Å². The summed E-state index contributed by atoms with van der Waals surface area (Å²) in [4.78, 5) is 15.5. The maximum atomic E-state index is 13.6. The zero-order chi connectivity index (χ0) is 25.6. The number of hydrogen-bond donors (Lipinski definition) is 2. The van der Waals surface area contributed by atoms with E-state index in [1.54, 1.807) is 15.9 Å². The fourth-order valence-corrected chi connectivity index (χ4v) is 4.19. The molecular weight excluding hydrogens is 457 g/mol. The van der Waals surface area contributed by atoms with Crippen molar-refractivity contribution in [3.8, 4) is 6.07 Å². The molecule has 0 saturated heterocycles. The van der Waals surface area contributed by atoms with Gasteiger partial charge in [0.2, 0.25) is 0 Å². The molecule has 7 nitrogen and oxygen atoms in total. The maximum Gasteiger partial charge on any atom is 0.416 e. The minimum Gasteiger partial charge on any atom is -0.399 e. The number of benzene rings is 1. The van der Waals surface area contributed by atoms with Gasteiger partial charge in [0, 0.05) is 37.1 Å². The molecule has 0 bridgehead atoms. The van der Waals surface area contributed by atoms with Crippen molar-refractivity contribution in [2.45, 2.75) is 45.8 Å². The minimum atomic E-state index is -4.47. The summed E-state index contributed by atoms with van der Waals surface area (Å²) < 4.78 is 40.9. The van der Waals surface area contributed by atoms with Crippen molar-refractivity contribution in [2.24, 2.45) is 11.7 Å². The molecule has 2 aromatic rings. The SMILES string of the molecule is CCC(/C=C\N(Cc1ccccc1C(F)(F)F)C1=C(N)CN(c2cn[nH]c(=O)c2C#N)CC1)CC. The highest BCUT2D eigenvalue weighted by Crippen LogP contribution is 2.34. The molecule has 0 amide bonds. The van der Waals surface area contributed by atoms with Gasteiger partial charge in [0.15, 0.2) is 0 Å². The number of H-pyrrole nitrogens is 1. The molecule has 35 heavy (non-hydrogen) atoms. The molecule has 186 valence electrons. The zero-order valence-electron chi connectivity index (χ0n) is 19.8. The summed E-state index contributed by atoms with van der Waals surface area (Å²) in [5.74, 6) is 0.289. The molecule has 0 atom stereocenters. The van der Waals surface area contributed by atoms with Crippen LogP contribution < -0.4 is 16.2 Å². The quantitative estimate of drug-likeness (QED) is 0.570. The average molecular weight is 487 g/mol. The lowest BCUT2D eigenvalue weighted by Crippen LogP contribution is -2.39. The van der Waals surface area contributed by atoms with E-state index in [4.69, 9.17) is 5.73 Å². The predicted molar refractivity (Wildman–Crippen MR) is 128 cm³/mol. The average Bonchev–Trinajstić information content (AvgIpc) is 2.83. The summed E-state index contributed by atoms with van der Waals surface area (Å²) in [5, 5.41) is 15.4. The van der Waals surface area contributed by atoms with Gasteiger partial charge < -0.3 is 15.5 Å². The van der Waals surface area contributed by atoms with Gasteiger partial charge in [-0.05, 0) is 30.4 Å². The summed E-state index contributed by atoms with van der Waals surface area (Å²) in [6.45, 7) is 4.78. The second-order valence-corrected chi connectivity index (χ2v) is 8.42. The van der Waals surface area contributed by atoms with E-state index in [9.17, 15) is 23.2 Å². The van der Waals surface area contributed by atoms with Crippen molar-refractivity contribution in [1.82, 2.24) is 15.1 Å². The van der Waals surface area contributed by atoms with E-state index in [1.165, 1.54) is 18.3 Å². The number of nitrogens with one attached hydrogen (secondary N) is 1. The Hall–Kier alpha value is -3.74. The highest BCUT2D eigenvalue weighted by Gasteiger charge is 2.33. The standard InChI is InChI=1S/C25H29F3N6O/c1-3-17(4-2)9-11-33(15-18-7-5-6-8-20(18)25(26,27)28)22-10-12-34(16-21(22)30)23-14-31-32-24(35)19(23)13-29/h5-9,11,14,17H,3-4,10,12,15-16,30H2,1-2H3,(H,32,35)/b11-9-. The minimum absolute atomic E-state index is 0.0123. The number of nitrogens with zero attached hydrogens (tertiary/aromatic N) is 4. The Kier molecular flexibility index (Phi) is 8.22. The molecule has 0 fully saturated rings. The smallest absolute Gasteiger partial charge is 0.399 e. The van der Waals surface area contributed by atoms with E-state index in [-0.39, 0.29) is 30.1 Å².